The van der Waals surface area contributed by atoms with Gasteiger partial charge in [-0.3, -0.25) is 4.68 Å². The third-order valence-electron chi connectivity index (χ3n) is 3.00. The van der Waals surface area contributed by atoms with Gasteiger partial charge in [0.15, 0.2) is 0 Å². The second kappa shape index (κ2) is 5.04. The van der Waals surface area contributed by atoms with Crippen LogP contribution in [0.1, 0.15) is 23.7 Å². The predicted octanol–water partition coefficient (Wildman–Crippen LogP) is 3.13. The summed E-state index contributed by atoms with van der Waals surface area (Å²) in [6.07, 6.45) is 2.06. The van der Waals surface area contributed by atoms with Crippen LogP contribution < -0.4 is 5.32 Å². The van der Waals surface area contributed by atoms with Gasteiger partial charge in [0.2, 0.25) is 0 Å². The lowest BCUT2D eigenvalue weighted by molar-refractivity contribution is 0.653. The number of nitrogens with one attached hydrogen (secondary N) is 1. The van der Waals surface area contributed by atoms with Gasteiger partial charge in [-0.25, -0.2) is 0 Å². The lowest BCUT2D eigenvalue weighted by atomic mass is 10.1. The molecule has 90 valence electrons. The maximum atomic E-state index is 4.42. The zero-order chi connectivity index (χ0) is 12.3. The molecule has 1 N–H and O–H groups in total. The molecule has 0 spiro atoms. The van der Waals surface area contributed by atoms with E-state index in [1.807, 2.05) is 11.6 Å². The highest BCUT2D eigenvalue weighted by Crippen LogP contribution is 2.15. The average molecular weight is 229 g/mol. The van der Waals surface area contributed by atoms with Crippen molar-refractivity contribution in [3.63, 3.8) is 0 Å². The Morgan fingerprint density at radius 3 is 2.65 bits per heavy atom. The molecule has 3 heteroatoms. The maximum absolute atomic E-state index is 4.42. The van der Waals surface area contributed by atoms with Crippen molar-refractivity contribution in [3.05, 3.63) is 47.3 Å². The normalized spacial score (nSPS) is 10.5. The molecule has 0 saturated carbocycles. The van der Waals surface area contributed by atoms with Crippen LogP contribution in [0.15, 0.2) is 30.5 Å². The monoisotopic (exact) mass is 229 g/mol. The third kappa shape index (κ3) is 2.67. The number of nitrogens with zero attached hydrogens (tertiary/aromatic N) is 2. The van der Waals surface area contributed by atoms with Gasteiger partial charge in [-0.2, -0.15) is 5.10 Å². The van der Waals surface area contributed by atoms with Gasteiger partial charge in [0.1, 0.15) is 0 Å². The Morgan fingerprint density at radius 2 is 2.00 bits per heavy atom. The summed E-state index contributed by atoms with van der Waals surface area (Å²) in [5.41, 5.74) is 4.83. The van der Waals surface area contributed by atoms with E-state index >= 15 is 0 Å². The molecular formula is C14H19N3. The van der Waals surface area contributed by atoms with Crippen molar-refractivity contribution in [1.29, 1.82) is 0 Å². The summed E-state index contributed by atoms with van der Waals surface area (Å²) in [4.78, 5) is 0. The molecule has 0 aliphatic rings. The molecule has 3 nitrogen and oxygen atoms in total. The minimum Gasteiger partial charge on any atom is -0.378 e. The number of aryl methyl sites for hydroxylation is 3. The number of hydrogen-bond donors (Lipinski definition) is 1. The Labute approximate surface area is 102 Å². The summed E-state index contributed by atoms with van der Waals surface area (Å²) in [6, 6.07) is 8.44. The molecule has 0 bridgehead atoms. The first-order valence-electron chi connectivity index (χ1n) is 6.03. The van der Waals surface area contributed by atoms with E-state index in [0.29, 0.717) is 0 Å². The van der Waals surface area contributed by atoms with Gasteiger partial charge in [-0.1, -0.05) is 24.3 Å². The first-order chi connectivity index (χ1) is 8.20. The highest BCUT2D eigenvalue weighted by molar-refractivity contribution is 5.46. The van der Waals surface area contributed by atoms with E-state index in [9.17, 15) is 0 Å². The van der Waals surface area contributed by atoms with Crippen LogP contribution in [0.4, 0.5) is 5.69 Å². The fourth-order valence-electron chi connectivity index (χ4n) is 1.85. The minimum atomic E-state index is 0.850. The first-order valence-corrected chi connectivity index (χ1v) is 6.03. The second-order valence-corrected chi connectivity index (χ2v) is 4.26. The lowest BCUT2D eigenvalue weighted by Crippen LogP contribution is -2.01. The third-order valence-corrected chi connectivity index (χ3v) is 3.00. The molecule has 2 rings (SSSR count). The first kappa shape index (κ1) is 11.7. The molecule has 1 heterocycles. The largest absolute Gasteiger partial charge is 0.378 e. The van der Waals surface area contributed by atoms with Gasteiger partial charge in [0, 0.05) is 19.3 Å². The van der Waals surface area contributed by atoms with Crippen molar-refractivity contribution < 1.29 is 0 Å². The van der Waals surface area contributed by atoms with Gasteiger partial charge in [0.25, 0.3) is 0 Å². The SMILES string of the molecule is CCn1cc(NCc2ccccc2C)c(C)n1. The molecule has 0 amide bonds. The molecule has 0 aliphatic heterocycles. The van der Waals surface area contributed by atoms with E-state index in [-0.39, 0.29) is 0 Å². The van der Waals surface area contributed by atoms with Gasteiger partial charge >= 0.3 is 0 Å². The molecule has 2 aromatic rings. The number of benzene rings is 1. The molecule has 1 aromatic carbocycles. The summed E-state index contributed by atoms with van der Waals surface area (Å²) in [7, 11) is 0. The average Bonchev–Trinajstić information content (AvgIpc) is 2.69. The van der Waals surface area contributed by atoms with Crippen molar-refractivity contribution in [2.24, 2.45) is 0 Å². The van der Waals surface area contributed by atoms with Gasteiger partial charge < -0.3 is 5.32 Å². The molecule has 0 radical (unpaired) electrons. The van der Waals surface area contributed by atoms with Crippen LogP contribution >= 0.6 is 0 Å². The molecular weight excluding hydrogens is 210 g/mol. The Kier molecular flexibility index (Phi) is 3.47. The highest BCUT2D eigenvalue weighted by Gasteiger charge is 2.04. The zero-order valence-electron chi connectivity index (χ0n) is 10.7. The number of aromatic nitrogens is 2. The summed E-state index contributed by atoms with van der Waals surface area (Å²) >= 11 is 0. The summed E-state index contributed by atoms with van der Waals surface area (Å²) < 4.78 is 1.95. The number of rotatable bonds is 4. The summed E-state index contributed by atoms with van der Waals surface area (Å²) in [5, 5.41) is 7.86. The fourth-order valence-corrected chi connectivity index (χ4v) is 1.85. The van der Waals surface area contributed by atoms with Gasteiger partial charge in [0.05, 0.1) is 11.4 Å². The molecule has 0 fully saturated rings. The molecule has 0 saturated heterocycles. The maximum Gasteiger partial charge on any atom is 0.0825 e. The highest BCUT2D eigenvalue weighted by atomic mass is 15.3. The molecule has 17 heavy (non-hydrogen) atoms. The van der Waals surface area contributed by atoms with E-state index < -0.39 is 0 Å². The van der Waals surface area contributed by atoms with Crippen molar-refractivity contribution in [2.45, 2.75) is 33.9 Å². The fraction of sp³-hybridized carbons (Fsp3) is 0.357. The Hall–Kier alpha value is -1.77. The van der Waals surface area contributed by atoms with Crippen molar-refractivity contribution in [2.75, 3.05) is 5.32 Å². The minimum absolute atomic E-state index is 0.850. The zero-order valence-corrected chi connectivity index (χ0v) is 10.7. The Bertz CT molecular complexity index is 500. The number of anilines is 1. The van der Waals surface area contributed by atoms with Crippen molar-refractivity contribution in [3.8, 4) is 0 Å². The predicted molar refractivity (Wildman–Crippen MR) is 71.1 cm³/mol. The van der Waals surface area contributed by atoms with Crippen LogP contribution in [-0.4, -0.2) is 9.78 Å². The van der Waals surface area contributed by atoms with Crippen molar-refractivity contribution in [1.82, 2.24) is 9.78 Å². The topological polar surface area (TPSA) is 29.9 Å². The second-order valence-electron chi connectivity index (χ2n) is 4.26. The van der Waals surface area contributed by atoms with E-state index in [4.69, 9.17) is 0 Å². The standard InChI is InChI=1S/C14H19N3/c1-4-17-10-14(12(3)16-17)15-9-13-8-6-5-7-11(13)2/h5-8,10,15H,4,9H2,1-3H3. The lowest BCUT2D eigenvalue weighted by Gasteiger charge is -2.07. The summed E-state index contributed by atoms with van der Waals surface area (Å²) in [5.74, 6) is 0. The van der Waals surface area contributed by atoms with Crippen LogP contribution in [0.25, 0.3) is 0 Å². The molecule has 0 aliphatic carbocycles. The number of hydrogen-bond acceptors (Lipinski definition) is 2. The smallest absolute Gasteiger partial charge is 0.0825 e. The van der Waals surface area contributed by atoms with Crippen LogP contribution in [0, 0.1) is 13.8 Å². The quantitative estimate of drug-likeness (QED) is 0.873. The van der Waals surface area contributed by atoms with Gasteiger partial charge in [-0.15, -0.1) is 0 Å². The Balaban J connectivity index is 2.07. The van der Waals surface area contributed by atoms with Crippen LogP contribution in [-0.2, 0) is 13.1 Å². The van der Waals surface area contributed by atoms with Crippen LogP contribution in [0.2, 0.25) is 0 Å². The van der Waals surface area contributed by atoms with Crippen molar-refractivity contribution >= 4 is 5.69 Å². The van der Waals surface area contributed by atoms with E-state index in [0.717, 1.165) is 24.5 Å². The summed E-state index contributed by atoms with van der Waals surface area (Å²) in [6.45, 7) is 8.03. The Morgan fingerprint density at radius 1 is 1.24 bits per heavy atom. The van der Waals surface area contributed by atoms with E-state index in [1.165, 1.54) is 11.1 Å². The van der Waals surface area contributed by atoms with Crippen LogP contribution in [0.5, 0.6) is 0 Å². The van der Waals surface area contributed by atoms with Crippen LogP contribution in [0.3, 0.4) is 0 Å². The van der Waals surface area contributed by atoms with Gasteiger partial charge in [-0.05, 0) is 31.9 Å². The molecule has 1 aromatic heterocycles. The molecule has 0 atom stereocenters. The molecule has 0 unspecified atom stereocenters. The van der Waals surface area contributed by atoms with E-state index in [1.54, 1.807) is 0 Å². The van der Waals surface area contributed by atoms with E-state index in [2.05, 4.69) is 54.7 Å².